The average molecular weight is 388 g/mol. The fourth-order valence-electron chi connectivity index (χ4n) is 2.86. The van der Waals surface area contributed by atoms with Crippen LogP contribution in [0.4, 0.5) is 0 Å². The molecule has 2 aromatic carbocycles. The van der Waals surface area contributed by atoms with Gasteiger partial charge in [-0.3, -0.25) is 4.79 Å². The molecule has 1 N–H and O–H groups in total. The number of amides is 1. The van der Waals surface area contributed by atoms with Crippen molar-refractivity contribution in [2.24, 2.45) is 0 Å². The van der Waals surface area contributed by atoms with Gasteiger partial charge in [-0.05, 0) is 48.9 Å². The predicted octanol–water partition coefficient (Wildman–Crippen LogP) is 3.93. The summed E-state index contributed by atoms with van der Waals surface area (Å²) >= 11 is 0. The van der Waals surface area contributed by atoms with Crippen LogP contribution in [-0.4, -0.2) is 20.7 Å². The van der Waals surface area contributed by atoms with Crippen molar-refractivity contribution in [3.8, 4) is 11.4 Å². The van der Waals surface area contributed by atoms with Crippen LogP contribution in [0, 0.1) is 0 Å². The zero-order valence-corrected chi connectivity index (χ0v) is 15.9. The van der Waals surface area contributed by atoms with Gasteiger partial charge in [-0.25, -0.2) is 9.67 Å². The number of nitrogens with one attached hydrogen (secondary N) is 1. The number of benzene rings is 2. The lowest BCUT2D eigenvalue weighted by molar-refractivity contribution is 0.0907. The van der Waals surface area contributed by atoms with E-state index in [4.69, 9.17) is 9.15 Å². The number of carbonyl (C=O) groups is 1. The molecule has 29 heavy (non-hydrogen) atoms. The molecule has 0 saturated carbocycles. The van der Waals surface area contributed by atoms with E-state index in [-0.39, 0.29) is 24.3 Å². The minimum Gasteiger partial charge on any atom is -0.486 e. The van der Waals surface area contributed by atoms with Gasteiger partial charge < -0.3 is 14.5 Å². The normalized spacial score (nSPS) is 11.8. The van der Waals surface area contributed by atoms with Gasteiger partial charge >= 0.3 is 0 Å². The van der Waals surface area contributed by atoms with Crippen LogP contribution in [0.5, 0.6) is 5.75 Å². The van der Waals surface area contributed by atoms with Gasteiger partial charge in [-0.2, -0.15) is 5.10 Å². The number of hydrogen-bond donors (Lipinski definition) is 1. The lowest BCUT2D eigenvalue weighted by Crippen LogP contribution is -2.26. The molecule has 7 heteroatoms. The molecule has 0 spiro atoms. The maximum atomic E-state index is 12.5. The highest BCUT2D eigenvalue weighted by Crippen LogP contribution is 2.17. The molecule has 2 aromatic heterocycles. The van der Waals surface area contributed by atoms with E-state index in [2.05, 4.69) is 15.4 Å². The molecule has 0 saturated heterocycles. The van der Waals surface area contributed by atoms with E-state index in [0.717, 1.165) is 17.0 Å². The highest BCUT2D eigenvalue weighted by molar-refractivity contribution is 5.91. The van der Waals surface area contributed by atoms with Gasteiger partial charge in [0.15, 0.2) is 5.76 Å². The third-order valence-electron chi connectivity index (χ3n) is 4.43. The second kappa shape index (κ2) is 8.43. The summed E-state index contributed by atoms with van der Waals surface area (Å²) in [5.74, 6) is 1.31. The summed E-state index contributed by atoms with van der Waals surface area (Å²) in [5.41, 5.74) is 1.88. The standard InChI is InChI=1S/C22H20N4O3/c1-16(17-7-9-18(10-8-17)26-15-23-14-24-26)25-22(27)21-12-11-20(29-21)13-28-19-5-3-2-4-6-19/h2-12,14-16H,13H2,1H3,(H,25,27)/t16-/m1/s1. The molecule has 2 heterocycles. The molecular weight excluding hydrogens is 368 g/mol. The Hall–Kier alpha value is -3.87. The lowest BCUT2D eigenvalue weighted by Gasteiger charge is -2.14. The van der Waals surface area contributed by atoms with Crippen molar-refractivity contribution < 1.29 is 13.9 Å². The van der Waals surface area contributed by atoms with Gasteiger partial charge in [0.05, 0.1) is 11.7 Å². The molecule has 0 aliphatic heterocycles. The fraction of sp³-hybridized carbons (Fsp3) is 0.136. The number of nitrogens with zero attached hydrogens (tertiary/aromatic N) is 3. The second-order valence-corrected chi connectivity index (χ2v) is 6.49. The molecule has 0 fully saturated rings. The molecule has 4 rings (SSSR count). The van der Waals surface area contributed by atoms with Gasteiger partial charge in [-0.15, -0.1) is 0 Å². The van der Waals surface area contributed by atoms with Gasteiger partial charge in [-0.1, -0.05) is 30.3 Å². The Morgan fingerprint density at radius 3 is 2.62 bits per heavy atom. The van der Waals surface area contributed by atoms with Crippen molar-refractivity contribution in [3.63, 3.8) is 0 Å². The summed E-state index contributed by atoms with van der Waals surface area (Å²) in [4.78, 5) is 16.4. The number of para-hydroxylation sites is 1. The van der Waals surface area contributed by atoms with E-state index in [1.165, 1.54) is 6.33 Å². The summed E-state index contributed by atoms with van der Waals surface area (Å²) < 4.78 is 12.9. The number of ether oxygens (including phenoxy) is 1. The molecule has 0 aliphatic carbocycles. The van der Waals surface area contributed by atoms with Crippen LogP contribution in [0.25, 0.3) is 5.69 Å². The summed E-state index contributed by atoms with van der Waals surface area (Å²) in [5, 5.41) is 7.04. The van der Waals surface area contributed by atoms with Gasteiger partial charge in [0.2, 0.25) is 0 Å². The maximum Gasteiger partial charge on any atom is 0.287 e. The van der Waals surface area contributed by atoms with E-state index in [9.17, 15) is 4.79 Å². The third-order valence-corrected chi connectivity index (χ3v) is 4.43. The Morgan fingerprint density at radius 1 is 1.10 bits per heavy atom. The second-order valence-electron chi connectivity index (χ2n) is 6.49. The Morgan fingerprint density at radius 2 is 1.90 bits per heavy atom. The minimum absolute atomic E-state index is 0.179. The quantitative estimate of drug-likeness (QED) is 0.519. The molecule has 146 valence electrons. The third kappa shape index (κ3) is 4.52. The zero-order valence-electron chi connectivity index (χ0n) is 15.9. The van der Waals surface area contributed by atoms with Crippen molar-refractivity contribution >= 4 is 5.91 Å². The van der Waals surface area contributed by atoms with E-state index in [0.29, 0.717) is 5.76 Å². The van der Waals surface area contributed by atoms with Crippen LogP contribution in [-0.2, 0) is 6.61 Å². The smallest absolute Gasteiger partial charge is 0.287 e. The van der Waals surface area contributed by atoms with Crippen LogP contribution in [0.1, 0.15) is 34.8 Å². The molecule has 1 amide bonds. The molecule has 0 bridgehead atoms. The fourth-order valence-corrected chi connectivity index (χ4v) is 2.86. The van der Waals surface area contributed by atoms with Crippen LogP contribution in [0.15, 0.2) is 83.8 Å². The molecule has 4 aromatic rings. The summed E-state index contributed by atoms with van der Waals surface area (Å²) in [6.07, 6.45) is 3.12. The Bertz CT molecular complexity index is 1060. The highest BCUT2D eigenvalue weighted by Gasteiger charge is 2.15. The van der Waals surface area contributed by atoms with Crippen LogP contribution >= 0.6 is 0 Å². The lowest BCUT2D eigenvalue weighted by atomic mass is 10.1. The van der Waals surface area contributed by atoms with E-state index < -0.39 is 0 Å². The van der Waals surface area contributed by atoms with Gasteiger partial charge in [0.25, 0.3) is 5.91 Å². The first-order valence-corrected chi connectivity index (χ1v) is 9.21. The summed E-state index contributed by atoms with van der Waals surface area (Å²) in [7, 11) is 0. The zero-order chi connectivity index (χ0) is 20.1. The molecule has 0 aliphatic rings. The highest BCUT2D eigenvalue weighted by atomic mass is 16.5. The number of carbonyl (C=O) groups excluding carboxylic acids is 1. The SMILES string of the molecule is C[C@@H](NC(=O)c1ccc(COc2ccccc2)o1)c1ccc(-n2cncn2)cc1. The number of hydrogen-bond acceptors (Lipinski definition) is 5. The van der Waals surface area contributed by atoms with Crippen molar-refractivity contribution in [2.75, 3.05) is 0 Å². The van der Waals surface area contributed by atoms with Crippen LogP contribution in [0.2, 0.25) is 0 Å². The summed E-state index contributed by atoms with van der Waals surface area (Å²) in [6, 6.07) is 20.4. The van der Waals surface area contributed by atoms with E-state index in [1.54, 1.807) is 23.1 Å². The average Bonchev–Trinajstić information content (AvgIpc) is 3.45. The number of furan rings is 1. The minimum atomic E-state index is -0.274. The number of aromatic nitrogens is 3. The van der Waals surface area contributed by atoms with Gasteiger partial charge in [0.1, 0.15) is 30.8 Å². The Balaban J connectivity index is 1.34. The van der Waals surface area contributed by atoms with E-state index >= 15 is 0 Å². The summed E-state index contributed by atoms with van der Waals surface area (Å²) in [6.45, 7) is 2.18. The predicted molar refractivity (Wildman–Crippen MR) is 107 cm³/mol. The van der Waals surface area contributed by atoms with Crippen molar-refractivity contribution in [1.82, 2.24) is 20.1 Å². The van der Waals surface area contributed by atoms with Crippen molar-refractivity contribution in [1.29, 1.82) is 0 Å². The molecule has 0 unspecified atom stereocenters. The topological polar surface area (TPSA) is 82.2 Å². The number of rotatable bonds is 7. The first-order valence-electron chi connectivity index (χ1n) is 9.21. The Labute approximate surface area is 168 Å². The monoisotopic (exact) mass is 388 g/mol. The van der Waals surface area contributed by atoms with E-state index in [1.807, 2.05) is 61.5 Å². The first-order chi connectivity index (χ1) is 14.2. The van der Waals surface area contributed by atoms with Crippen LogP contribution < -0.4 is 10.1 Å². The molecular formula is C22H20N4O3. The van der Waals surface area contributed by atoms with Crippen LogP contribution in [0.3, 0.4) is 0 Å². The first kappa shape index (κ1) is 18.5. The molecule has 1 atom stereocenters. The van der Waals surface area contributed by atoms with Crippen molar-refractivity contribution in [3.05, 3.63) is 96.5 Å². The Kier molecular flexibility index (Phi) is 5.38. The van der Waals surface area contributed by atoms with Crippen molar-refractivity contribution in [2.45, 2.75) is 19.6 Å². The molecule has 7 nitrogen and oxygen atoms in total. The maximum absolute atomic E-state index is 12.5. The largest absolute Gasteiger partial charge is 0.486 e. The molecule has 0 radical (unpaired) electrons. The van der Waals surface area contributed by atoms with Gasteiger partial charge in [0, 0.05) is 0 Å².